The van der Waals surface area contributed by atoms with E-state index < -0.39 is 0 Å². The van der Waals surface area contributed by atoms with Crippen molar-refractivity contribution in [2.24, 2.45) is 0 Å². The Kier molecular flexibility index (Phi) is 13.0. The second kappa shape index (κ2) is 22.3. The van der Waals surface area contributed by atoms with Gasteiger partial charge in [-0.15, -0.1) is 13.2 Å². The second-order valence-corrected chi connectivity index (χ2v) is 23.1. The van der Waals surface area contributed by atoms with Crippen LogP contribution in [0.4, 0.5) is 0 Å². The van der Waals surface area contributed by atoms with E-state index in [4.69, 9.17) is 9.97 Å². The van der Waals surface area contributed by atoms with Crippen molar-refractivity contribution < 1.29 is 0 Å². The van der Waals surface area contributed by atoms with E-state index in [-0.39, 0.29) is 0 Å². The zero-order valence-corrected chi connectivity index (χ0v) is 50.1. The zero-order chi connectivity index (χ0) is 61.2. The minimum absolute atomic E-state index is 0.885. The number of fused-ring (bicyclic) bond motifs is 15. The van der Waals surface area contributed by atoms with E-state index in [0.717, 1.165) is 101 Å². The third kappa shape index (κ3) is 8.77. The molecule has 0 atom stereocenters. The summed E-state index contributed by atoms with van der Waals surface area (Å²) in [4.78, 5) is 18.9. The number of benzene rings is 10. The molecule has 9 heteroatoms. The molecule has 0 saturated carbocycles. The molecule has 9 nitrogen and oxygen atoms in total. The van der Waals surface area contributed by atoms with Gasteiger partial charge < -0.3 is 22.8 Å². The molecule has 10 aromatic carbocycles. The Balaban J connectivity index is 0.000000137. The quantitative estimate of drug-likeness (QED) is 0.142. The lowest BCUT2D eigenvalue weighted by molar-refractivity contribution is 1.15. The maximum atomic E-state index is 4.77. The molecule has 19 rings (SSSR count). The topological polar surface area (TPSA) is 76.2 Å². The summed E-state index contributed by atoms with van der Waals surface area (Å²) >= 11 is 0. The minimum Gasteiger partial charge on any atom is -0.309 e. The van der Waals surface area contributed by atoms with Gasteiger partial charge in [0.2, 0.25) is 0 Å². The molecular formula is C83H57N9. The van der Waals surface area contributed by atoms with Crippen molar-refractivity contribution in [3.63, 3.8) is 0 Å². The highest BCUT2D eigenvalue weighted by molar-refractivity contribution is 6.14. The third-order valence-electron chi connectivity index (χ3n) is 18.0. The maximum Gasteiger partial charge on any atom is 0.0963 e. The molecule has 19 aromatic rings. The molecule has 0 unspecified atom stereocenters. The van der Waals surface area contributed by atoms with Crippen molar-refractivity contribution in [2.45, 2.75) is 6.42 Å². The number of rotatable bonds is 8. The van der Waals surface area contributed by atoms with Crippen molar-refractivity contribution >= 4 is 110 Å². The van der Waals surface area contributed by atoms with Gasteiger partial charge in [-0.1, -0.05) is 140 Å². The largest absolute Gasteiger partial charge is 0.309 e. The minimum atomic E-state index is 0.885. The summed E-state index contributed by atoms with van der Waals surface area (Å²) in [6, 6.07) is 102. The lowest BCUT2D eigenvalue weighted by Crippen LogP contribution is -1.96. The fourth-order valence-electron chi connectivity index (χ4n) is 14.0. The van der Waals surface area contributed by atoms with Crippen LogP contribution in [0.3, 0.4) is 0 Å². The summed E-state index contributed by atoms with van der Waals surface area (Å²) in [5.74, 6) is 0. The number of aromatic nitrogens is 9. The SMILES string of the molecule is C=C.c1ccc(-n2c3ccc(-n4c5ccccc5c5ncccc54)cc3c3cc(-n4c5ccccc5c5ncccc54)ccc32)cc1.c1ccc2c(c1)c1ncccc1n2-c1ccc(Cc2ccc(-c3ccc(-n4c5ccccc5c5ncccc54)cc3)cc2)cc1. The average molecular weight is 1180 g/mol. The fourth-order valence-corrected chi connectivity index (χ4v) is 14.0. The fraction of sp³-hybridized carbons (Fsp3) is 0.0120. The number of pyridine rings is 4. The standard InChI is InChI=1S/C41H28N4.C40H25N5.C2H4/c1-3-9-36-34(7-1)40-38(11-5-25-42-40)44(36)32-21-15-29(16-22-32)27-28-13-17-30(18-14-28)31-19-23-33(24-20-31)45-37-10-4-2-8-35(37)41-39(45)12-6-26-43-41;1-2-10-26(11-3-1)43-35-20-18-27(44-33-14-6-4-12-29(33)39-37(44)16-8-22-41-39)24-31(35)32-25-28(19-21-36(32)43)45-34-15-7-5-13-30(34)40-38(45)17-9-23-42-40;1-2/h1-26H,27H2;1-25H;1-2H2. The van der Waals surface area contributed by atoms with Gasteiger partial charge in [-0.2, -0.15) is 0 Å². The first kappa shape index (κ1) is 53.8. The molecule has 0 fully saturated rings. The molecule has 434 valence electrons. The highest BCUT2D eigenvalue weighted by Crippen LogP contribution is 2.40. The smallest absolute Gasteiger partial charge is 0.0963 e. The molecule has 9 heterocycles. The lowest BCUT2D eigenvalue weighted by atomic mass is 10.00. The van der Waals surface area contributed by atoms with Gasteiger partial charge in [0.05, 0.1) is 77.2 Å². The van der Waals surface area contributed by atoms with E-state index in [2.05, 4.69) is 307 Å². The summed E-state index contributed by atoms with van der Waals surface area (Å²) in [5.41, 5.74) is 26.2. The van der Waals surface area contributed by atoms with E-state index >= 15 is 0 Å². The molecule has 0 amide bonds. The van der Waals surface area contributed by atoms with E-state index in [1.54, 1.807) is 0 Å². The van der Waals surface area contributed by atoms with Crippen molar-refractivity contribution in [1.82, 2.24) is 42.8 Å². The normalized spacial score (nSPS) is 11.6. The van der Waals surface area contributed by atoms with Gasteiger partial charge in [-0.25, -0.2) is 0 Å². The van der Waals surface area contributed by atoms with Gasteiger partial charge in [0.15, 0.2) is 0 Å². The van der Waals surface area contributed by atoms with Crippen LogP contribution in [-0.2, 0) is 6.42 Å². The summed E-state index contributed by atoms with van der Waals surface area (Å²) < 4.78 is 11.7. The zero-order valence-electron chi connectivity index (χ0n) is 50.1. The summed E-state index contributed by atoms with van der Waals surface area (Å²) in [6.45, 7) is 6.00. The van der Waals surface area contributed by atoms with Crippen LogP contribution in [0.1, 0.15) is 11.1 Å². The first-order chi connectivity index (χ1) is 45.7. The Morgan fingerprint density at radius 1 is 0.217 bits per heavy atom. The predicted molar refractivity (Wildman–Crippen MR) is 382 cm³/mol. The van der Waals surface area contributed by atoms with Gasteiger partial charge in [0.1, 0.15) is 0 Å². The Morgan fingerprint density at radius 3 is 0.859 bits per heavy atom. The molecule has 0 radical (unpaired) electrons. The van der Waals surface area contributed by atoms with Crippen LogP contribution in [0.2, 0.25) is 0 Å². The van der Waals surface area contributed by atoms with Crippen LogP contribution in [0.5, 0.6) is 0 Å². The molecule has 92 heavy (non-hydrogen) atoms. The van der Waals surface area contributed by atoms with Crippen molar-refractivity contribution in [2.75, 3.05) is 0 Å². The van der Waals surface area contributed by atoms with Crippen molar-refractivity contribution in [3.05, 3.63) is 334 Å². The van der Waals surface area contributed by atoms with Crippen molar-refractivity contribution in [3.8, 4) is 39.6 Å². The van der Waals surface area contributed by atoms with Gasteiger partial charge >= 0.3 is 0 Å². The molecule has 9 aromatic heterocycles. The van der Waals surface area contributed by atoms with Crippen LogP contribution < -0.4 is 0 Å². The van der Waals surface area contributed by atoms with Gasteiger partial charge in [-0.05, 0) is 174 Å². The number of para-hydroxylation sites is 5. The maximum absolute atomic E-state index is 4.77. The van der Waals surface area contributed by atoms with Crippen LogP contribution in [0, 0.1) is 0 Å². The first-order valence-corrected chi connectivity index (χ1v) is 31.0. The average Bonchev–Trinajstić information content (AvgIpc) is 1.62. The third-order valence-corrected chi connectivity index (χ3v) is 18.0. The van der Waals surface area contributed by atoms with E-state index in [1.807, 2.05) is 49.1 Å². The molecule has 0 aliphatic carbocycles. The summed E-state index contributed by atoms with van der Waals surface area (Å²) in [6.07, 6.45) is 8.37. The van der Waals surface area contributed by atoms with Crippen LogP contribution >= 0.6 is 0 Å². The van der Waals surface area contributed by atoms with Crippen LogP contribution in [0.15, 0.2) is 323 Å². The summed E-state index contributed by atoms with van der Waals surface area (Å²) in [5, 5.41) is 7.05. The van der Waals surface area contributed by atoms with Crippen LogP contribution in [-0.4, -0.2) is 42.8 Å². The monoisotopic (exact) mass is 1180 g/mol. The molecule has 0 N–H and O–H groups in total. The Bertz CT molecular complexity index is 5620. The highest BCUT2D eigenvalue weighted by atomic mass is 15.0. The molecule has 0 bridgehead atoms. The lowest BCUT2D eigenvalue weighted by Gasteiger charge is -2.10. The number of hydrogen-bond donors (Lipinski definition) is 0. The van der Waals surface area contributed by atoms with Gasteiger partial charge in [0.25, 0.3) is 0 Å². The molecule has 0 spiro atoms. The number of nitrogens with zero attached hydrogens (tertiary/aromatic N) is 9. The predicted octanol–water partition coefficient (Wildman–Crippen LogP) is 20.5. The Labute approximate surface area is 529 Å². The second-order valence-electron chi connectivity index (χ2n) is 23.1. The van der Waals surface area contributed by atoms with E-state index in [0.29, 0.717) is 0 Å². The van der Waals surface area contributed by atoms with Crippen molar-refractivity contribution in [1.29, 1.82) is 0 Å². The molecule has 0 saturated heterocycles. The van der Waals surface area contributed by atoms with E-state index in [9.17, 15) is 0 Å². The Hall–Kier alpha value is -12.5. The van der Waals surface area contributed by atoms with Gasteiger partial charge in [-0.3, -0.25) is 19.9 Å². The molecule has 0 aliphatic rings. The van der Waals surface area contributed by atoms with Gasteiger partial charge in [0, 0.05) is 85.5 Å². The summed E-state index contributed by atoms with van der Waals surface area (Å²) in [7, 11) is 0. The number of hydrogen-bond acceptors (Lipinski definition) is 4. The molecular weight excluding hydrogens is 1120 g/mol. The van der Waals surface area contributed by atoms with E-state index in [1.165, 1.54) is 65.9 Å². The Morgan fingerprint density at radius 2 is 0.478 bits per heavy atom. The van der Waals surface area contributed by atoms with Crippen LogP contribution in [0.25, 0.3) is 149 Å². The first-order valence-electron chi connectivity index (χ1n) is 31.0. The molecule has 0 aliphatic heterocycles. The highest BCUT2D eigenvalue weighted by Gasteiger charge is 2.21.